The Bertz CT molecular complexity index is 361. The zero-order valence-corrected chi connectivity index (χ0v) is 12.0. The Morgan fingerprint density at radius 3 is 2.80 bits per heavy atom. The van der Waals surface area contributed by atoms with Gasteiger partial charge in [-0.3, -0.25) is 0 Å². The van der Waals surface area contributed by atoms with Gasteiger partial charge in [-0.1, -0.05) is 13.3 Å². The van der Waals surface area contributed by atoms with Gasteiger partial charge in [0.25, 0.3) is 0 Å². The van der Waals surface area contributed by atoms with Crippen molar-refractivity contribution in [2.75, 3.05) is 19.6 Å². The predicted molar refractivity (Wildman–Crippen MR) is 73.5 cm³/mol. The molecule has 2 rings (SSSR count). The molecule has 20 heavy (non-hydrogen) atoms. The second-order valence-electron chi connectivity index (χ2n) is 5.74. The average molecular weight is 284 g/mol. The van der Waals surface area contributed by atoms with E-state index in [1.165, 1.54) is 6.42 Å². The zero-order valence-electron chi connectivity index (χ0n) is 12.0. The van der Waals surface area contributed by atoms with Crippen molar-refractivity contribution in [3.05, 3.63) is 0 Å². The highest BCUT2D eigenvalue weighted by Crippen LogP contribution is 2.21. The third-order valence-corrected chi connectivity index (χ3v) is 4.13. The molecule has 2 aliphatic heterocycles. The third-order valence-electron chi connectivity index (χ3n) is 4.13. The fourth-order valence-corrected chi connectivity index (χ4v) is 3.01. The van der Waals surface area contributed by atoms with Gasteiger partial charge in [0.15, 0.2) is 6.10 Å². The number of urea groups is 1. The molecule has 3 unspecified atom stereocenters. The SMILES string of the molecule is CCCC1CCN(C(=O)NCC2CCC(C(=O)O)O2)C1. The summed E-state index contributed by atoms with van der Waals surface area (Å²) in [6.45, 7) is 4.22. The first-order valence-corrected chi connectivity index (χ1v) is 7.51. The molecule has 0 aromatic carbocycles. The number of carboxylic acid groups (broad SMARTS) is 1. The summed E-state index contributed by atoms with van der Waals surface area (Å²) in [6, 6.07) is -0.0500. The lowest BCUT2D eigenvalue weighted by Gasteiger charge is -2.19. The average Bonchev–Trinajstić information content (AvgIpc) is 3.05. The van der Waals surface area contributed by atoms with Gasteiger partial charge in [-0.05, 0) is 31.6 Å². The first kappa shape index (κ1) is 15.1. The van der Waals surface area contributed by atoms with E-state index in [-0.39, 0.29) is 12.1 Å². The number of nitrogens with zero attached hydrogens (tertiary/aromatic N) is 1. The molecule has 0 spiro atoms. The monoisotopic (exact) mass is 284 g/mol. The van der Waals surface area contributed by atoms with Crippen LogP contribution in [-0.4, -0.2) is 53.8 Å². The number of carbonyl (C=O) groups is 2. The van der Waals surface area contributed by atoms with Crippen LogP contribution in [0.2, 0.25) is 0 Å². The number of ether oxygens (including phenoxy) is 1. The Hall–Kier alpha value is -1.30. The van der Waals surface area contributed by atoms with Crippen LogP contribution in [0, 0.1) is 5.92 Å². The lowest BCUT2D eigenvalue weighted by Crippen LogP contribution is -2.42. The molecule has 2 fully saturated rings. The van der Waals surface area contributed by atoms with Crippen LogP contribution in [-0.2, 0) is 9.53 Å². The Labute approximate surface area is 119 Å². The van der Waals surface area contributed by atoms with Gasteiger partial charge >= 0.3 is 12.0 Å². The van der Waals surface area contributed by atoms with Gasteiger partial charge in [0.05, 0.1) is 6.10 Å². The van der Waals surface area contributed by atoms with E-state index < -0.39 is 12.1 Å². The summed E-state index contributed by atoms with van der Waals surface area (Å²) in [4.78, 5) is 24.6. The van der Waals surface area contributed by atoms with E-state index in [4.69, 9.17) is 9.84 Å². The number of rotatable bonds is 5. The van der Waals surface area contributed by atoms with E-state index in [9.17, 15) is 9.59 Å². The highest BCUT2D eigenvalue weighted by molar-refractivity contribution is 5.74. The van der Waals surface area contributed by atoms with Crippen LogP contribution in [0.15, 0.2) is 0 Å². The number of likely N-dealkylation sites (tertiary alicyclic amines) is 1. The minimum atomic E-state index is -0.916. The normalized spacial score (nSPS) is 29.6. The molecule has 6 nitrogen and oxygen atoms in total. The van der Waals surface area contributed by atoms with E-state index in [0.717, 1.165) is 25.9 Å². The van der Waals surface area contributed by atoms with Crippen LogP contribution >= 0.6 is 0 Å². The van der Waals surface area contributed by atoms with Gasteiger partial charge in [0, 0.05) is 19.6 Å². The van der Waals surface area contributed by atoms with Crippen LogP contribution in [0.25, 0.3) is 0 Å². The predicted octanol–water partition coefficient (Wildman–Crippen LogP) is 1.45. The summed E-state index contributed by atoms with van der Waals surface area (Å²) in [5.41, 5.74) is 0. The molecule has 2 N–H and O–H groups in total. The first-order chi connectivity index (χ1) is 9.60. The van der Waals surface area contributed by atoms with Gasteiger partial charge in [-0.15, -0.1) is 0 Å². The van der Waals surface area contributed by atoms with Gasteiger partial charge in [-0.2, -0.15) is 0 Å². The summed E-state index contributed by atoms with van der Waals surface area (Å²) in [7, 11) is 0. The summed E-state index contributed by atoms with van der Waals surface area (Å²) >= 11 is 0. The maximum Gasteiger partial charge on any atom is 0.332 e. The highest BCUT2D eigenvalue weighted by atomic mass is 16.5. The number of carbonyl (C=O) groups excluding carboxylic acids is 1. The lowest BCUT2D eigenvalue weighted by atomic mass is 10.0. The number of hydrogen-bond donors (Lipinski definition) is 2. The van der Waals surface area contributed by atoms with Crippen molar-refractivity contribution in [2.45, 2.75) is 51.2 Å². The topological polar surface area (TPSA) is 78.9 Å². The second kappa shape index (κ2) is 6.92. The van der Waals surface area contributed by atoms with Gasteiger partial charge in [-0.25, -0.2) is 9.59 Å². The molecule has 2 saturated heterocycles. The largest absolute Gasteiger partial charge is 0.479 e. The Morgan fingerprint density at radius 1 is 1.35 bits per heavy atom. The van der Waals surface area contributed by atoms with Crippen molar-refractivity contribution in [2.24, 2.45) is 5.92 Å². The van der Waals surface area contributed by atoms with Crippen LogP contribution in [0.4, 0.5) is 4.79 Å². The fourth-order valence-electron chi connectivity index (χ4n) is 3.01. The van der Waals surface area contributed by atoms with Crippen molar-refractivity contribution >= 4 is 12.0 Å². The fraction of sp³-hybridized carbons (Fsp3) is 0.857. The number of amides is 2. The summed E-state index contributed by atoms with van der Waals surface area (Å²) in [5, 5.41) is 11.7. The molecule has 6 heteroatoms. The minimum absolute atomic E-state index is 0.0500. The zero-order chi connectivity index (χ0) is 14.5. The van der Waals surface area contributed by atoms with E-state index in [2.05, 4.69) is 12.2 Å². The second-order valence-corrected chi connectivity index (χ2v) is 5.74. The van der Waals surface area contributed by atoms with E-state index >= 15 is 0 Å². The molecule has 2 aliphatic rings. The molecule has 114 valence electrons. The molecule has 0 saturated carbocycles. The molecule has 2 heterocycles. The number of carboxylic acids is 1. The standard InChI is InChI=1S/C14H24N2O4/c1-2-3-10-6-7-16(9-10)14(19)15-8-11-4-5-12(20-11)13(17)18/h10-12H,2-9H2,1H3,(H,15,19)(H,17,18). The van der Waals surface area contributed by atoms with Crippen molar-refractivity contribution in [3.8, 4) is 0 Å². The van der Waals surface area contributed by atoms with Crippen LogP contribution in [0.5, 0.6) is 0 Å². The van der Waals surface area contributed by atoms with Crippen molar-refractivity contribution in [1.29, 1.82) is 0 Å². The third kappa shape index (κ3) is 3.85. The van der Waals surface area contributed by atoms with Crippen LogP contribution < -0.4 is 5.32 Å². The lowest BCUT2D eigenvalue weighted by molar-refractivity contribution is -0.149. The number of hydrogen-bond acceptors (Lipinski definition) is 3. The first-order valence-electron chi connectivity index (χ1n) is 7.51. The maximum absolute atomic E-state index is 12.0. The molecular weight excluding hydrogens is 260 g/mol. The van der Waals surface area contributed by atoms with Crippen LogP contribution in [0.1, 0.15) is 39.0 Å². The van der Waals surface area contributed by atoms with Crippen molar-refractivity contribution in [1.82, 2.24) is 10.2 Å². The number of aliphatic carboxylic acids is 1. The number of nitrogens with one attached hydrogen (secondary N) is 1. The van der Waals surface area contributed by atoms with Crippen molar-refractivity contribution in [3.63, 3.8) is 0 Å². The molecule has 0 bridgehead atoms. The molecule has 0 aromatic heterocycles. The molecule has 0 aromatic rings. The summed E-state index contributed by atoms with van der Waals surface area (Å²) < 4.78 is 5.36. The maximum atomic E-state index is 12.0. The molecule has 2 amide bonds. The Morgan fingerprint density at radius 2 is 2.15 bits per heavy atom. The summed E-state index contributed by atoms with van der Waals surface area (Å²) in [5.74, 6) is -0.286. The van der Waals surface area contributed by atoms with E-state index in [1.54, 1.807) is 0 Å². The van der Waals surface area contributed by atoms with Gasteiger partial charge in [0.2, 0.25) is 0 Å². The smallest absolute Gasteiger partial charge is 0.332 e. The Balaban J connectivity index is 1.67. The molecule has 3 atom stereocenters. The highest BCUT2D eigenvalue weighted by Gasteiger charge is 2.31. The van der Waals surface area contributed by atoms with E-state index in [0.29, 0.717) is 25.3 Å². The molecule has 0 radical (unpaired) electrons. The van der Waals surface area contributed by atoms with Crippen LogP contribution in [0.3, 0.4) is 0 Å². The summed E-state index contributed by atoms with van der Waals surface area (Å²) in [6.07, 6.45) is 3.75. The van der Waals surface area contributed by atoms with Crippen molar-refractivity contribution < 1.29 is 19.4 Å². The van der Waals surface area contributed by atoms with Gasteiger partial charge in [0.1, 0.15) is 0 Å². The molecule has 0 aliphatic carbocycles. The van der Waals surface area contributed by atoms with Gasteiger partial charge < -0.3 is 20.1 Å². The quantitative estimate of drug-likeness (QED) is 0.801. The Kier molecular flexibility index (Phi) is 5.23. The van der Waals surface area contributed by atoms with E-state index in [1.807, 2.05) is 4.90 Å². The minimum Gasteiger partial charge on any atom is -0.479 e. The molecular formula is C14H24N2O4.